The van der Waals surface area contributed by atoms with Crippen LogP contribution in [0.3, 0.4) is 0 Å². The number of hydrogen-bond acceptors (Lipinski definition) is 7. The molecule has 0 spiro atoms. The molecule has 1 amide bonds. The Morgan fingerprint density at radius 1 is 1.11 bits per heavy atom. The van der Waals surface area contributed by atoms with E-state index in [4.69, 9.17) is 19.8 Å². The Balaban J connectivity index is 1.23. The fourth-order valence-electron chi connectivity index (χ4n) is 7.08. The molecular formula is C36H39N7O2. The molecule has 2 aliphatic rings. The minimum absolute atomic E-state index is 0.238. The van der Waals surface area contributed by atoms with Gasteiger partial charge in [-0.1, -0.05) is 50.8 Å². The average molecular weight is 602 g/mol. The number of hydrogen-bond donors (Lipinski definition) is 2. The van der Waals surface area contributed by atoms with Gasteiger partial charge in [-0.3, -0.25) is 9.78 Å². The van der Waals surface area contributed by atoms with Crippen LogP contribution in [-0.4, -0.2) is 50.8 Å². The molecule has 9 heteroatoms. The second-order valence-corrected chi connectivity index (χ2v) is 12.4. The van der Waals surface area contributed by atoms with Crippen LogP contribution in [0.2, 0.25) is 0 Å². The number of benzene rings is 2. The largest absolute Gasteiger partial charge is 0.381 e. The molecule has 2 aliphatic heterocycles. The lowest BCUT2D eigenvalue weighted by atomic mass is 9.99. The zero-order chi connectivity index (χ0) is 31.1. The van der Waals surface area contributed by atoms with Gasteiger partial charge in [-0.15, -0.1) is 0 Å². The Bertz CT molecular complexity index is 1880. The third-order valence-electron chi connectivity index (χ3n) is 9.35. The lowest BCUT2D eigenvalue weighted by Gasteiger charge is -2.39. The van der Waals surface area contributed by atoms with Crippen molar-refractivity contribution in [3.8, 4) is 11.3 Å². The van der Waals surface area contributed by atoms with Crippen LogP contribution < -0.4 is 15.5 Å². The molecule has 2 bridgehead atoms. The van der Waals surface area contributed by atoms with E-state index in [1.54, 1.807) is 0 Å². The molecule has 0 saturated carbocycles. The number of carbonyl (C=O) groups is 1. The number of nitrogens with zero attached hydrogens (tertiary/aromatic N) is 5. The third kappa shape index (κ3) is 5.42. The van der Waals surface area contributed by atoms with Gasteiger partial charge in [0.15, 0.2) is 5.65 Å². The Hall–Kier alpha value is -4.76. The number of carbonyl (C=O) groups excluding carboxylic acids is 1. The molecule has 0 aliphatic carbocycles. The number of aromatic nitrogens is 4. The van der Waals surface area contributed by atoms with Crippen molar-refractivity contribution >= 4 is 39.6 Å². The van der Waals surface area contributed by atoms with Gasteiger partial charge in [-0.2, -0.15) is 9.61 Å². The molecule has 5 heterocycles. The fourth-order valence-corrected chi connectivity index (χ4v) is 7.08. The quantitative estimate of drug-likeness (QED) is 0.177. The summed E-state index contributed by atoms with van der Waals surface area (Å²) in [6.07, 6.45) is 9.77. The van der Waals surface area contributed by atoms with E-state index >= 15 is 0 Å². The highest BCUT2D eigenvalue weighted by Crippen LogP contribution is 2.41. The minimum atomic E-state index is -0.238. The highest BCUT2D eigenvalue weighted by molar-refractivity contribution is 6.02. The molecule has 3 aromatic heterocycles. The SMILES string of the molecule is C=CC(=O)Nc1ccc2c(-c3ccccc3CNc3cc(N4C5CCC4CC(OC)C5)nc4c(C(C)C)cnn34)nccc2c1. The van der Waals surface area contributed by atoms with Gasteiger partial charge < -0.3 is 20.3 Å². The van der Waals surface area contributed by atoms with Crippen LogP contribution in [0.25, 0.3) is 27.7 Å². The minimum Gasteiger partial charge on any atom is -0.381 e. The average Bonchev–Trinajstić information content (AvgIpc) is 3.61. The second-order valence-electron chi connectivity index (χ2n) is 12.4. The van der Waals surface area contributed by atoms with Crippen molar-refractivity contribution in [2.45, 2.75) is 70.2 Å². The van der Waals surface area contributed by atoms with Gasteiger partial charge in [0.25, 0.3) is 0 Å². The maximum absolute atomic E-state index is 11.9. The molecule has 7 rings (SSSR count). The van der Waals surface area contributed by atoms with Gasteiger partial charge in [-0.25, -0.2) is 4.98 Å². The topological polar surface area (TPSA) is 96.7 Å². The number of piperidine rings is 1. The Labute approximate surface area is 263 Å². The van der Waals surface area contributed by atoms with Crippen LogP contribution in [0.5, 0.6) is 0 Å². The first-order valence-corrected chi connectivity index (χ1v) is 15.8. The Kier molecular flexibility index (Phi) is 7.71. The van der Waals surface area contributed by atoms with Crippen molar-refractivity contribution < 1.29 is 9.53 Å². The number of ether oxygens (including phenoxy) is 1. The predicted octanol–water partition coefficient (Wildman–Crippen LogP) is 6.95. The summed E-state index contributed by atoms with van der Waals surface area (Å²) in [5.41, 5.74) is 5.82. The van der Waals surface area contributed by atoms with Gasteiger partial charge in [0.05, 0.1) is 18.0 Å². The number of methoxy groups -OCH3 is 1. The van der Waals surface area contributed by atoms with Gasteiger partial charge in [0.1, 0.15) is 11.6 Å². The van der Waals surface area contributed by atoms with Crippen molar-refractivity contribution in [2.75, 3.05) is 22.6 Å². The van der Waals surface area contributed by atoms with Crippen molar-refractivity contribution in [1.29, 1.82) is 0 Å². The number of pyridine rings is 1. The van der Waals surface area contributed by atoms with E-state index in [-0.39, 0.29) is 5.91 Å². The summed E-state index contributed by atoms with van der Waals surface area (Å²) < 4.78 is 7.72. The number of anilines is 3. The first kappa shape index (κ1) is 29.0. The second kappa shape index (κ2) is 12.0. The fraction of sp³-hybridized carbons (Fsp3) is 0.333. The Morgan fingerprint density at radius 3 is 2.67 bits per heavy atom. The number of rotatable bonds is 9. The van der Waals surface area contributed by atoms with E-state index in [1.807, 2.05) is 54.4 Å². The summed E-state index contributed by atoms with van der Waals surface area (Å²) in [7, 11) is 1.83. The van der Waals surface area contributed by atoms with Crippen molar-refractivity contribution in [3.05, 3.63) is 90.8 Å². The van der Waals surface area contributed by atoms with Crippen LogP contribution in [0.4, 0.5) is 17.3 Å². The van der Waals surface area contributed by atoms with E-state index in [0.29, 0.717) is 30.7 Å². The summed E-state index contributed by atoms with van der Waals surface area (Å²) in [5.74, 6) is 1.99. The van der Waals surface area contributed by atoms with Crippen LogP contribution in [-0.2, 0) is 16.1 Å². The van der Waals surface area contributed by atoms with Crippen LogP contribution in [0, 0.1) is 0 Å². The smallest absolute Gasteiger partial charge is 0.247 e. The molecule has 5 aromatic rings. The van der Waals surface area contributed by atoms with Crippen molar-refractivity contribution in [2.24, 2.45) is 0 Å². The predicted molar refractivity (Wildman–Crippen MR) is 180 cm³/mol. The summed E-state index contributed by atoms with van der Waals surface area (Å²) in [6, 6.07) is 19.2. The van der Waals surface area contributed by atoms with Crippen molar-refractivity contribution in [3.63, 3.8) is 0 Å². The number of fused-ring (bicyclic) bond motifs is 4. The standard InChI is InChI=1S/C36H39N7O2/c1-5-34(44)40-25-10-13-30-23(16-25)14-15-37-35(30)29-9-7-6-8-24(29)20-38-32-19-33(41-36-31(22(2)3)21-39-43(32)36)42-26-11-12-27(42)18-28(17-26)45-4/h5-10,13-16,19,21-22,26-28,38H,1,11-12,17-18,20H2,2-4H3,(H,40,44). The molecule has 2 saturated heterocycles. The first-order valence-electron chi connectivity index (χ1n) is 15.8. The molecule has 2 atom stereocenters. The molecule has 230 valence electrons. The Morgan fingerprint density at radius 2 is 1.91 bits per heavy atom. The molecule has 45 heavy (non-hydrogen) atoms. The van der Waals surface area contributed by atoms with E-state index < -0.39 is 0 Å². The molecule has 9 nitrogen and oxygen atoms in total. The van der Waals surface area contributed by atoms with Gasteiger partial charge in [0.2, 0.25) is 5.91 Å². The van der Waals surface area contributed by atoms with Gasteiger partial charge >= 0.3 is 0 Å². The molecule has 2 fully saturated rings. The number of nitrogens with one attached hydrogen (secondary N) is 2. The third-order valence-corrected chi connectivity index (χ3v) is 9.35. The van der Waals surface area contributed by atoms with E-state index in [2.05, 4.69) is 60.2 Å². The maximum atomic E-state index is 11.9. The van der Waals surface area contributed by atoms with Crippen LogP contribution in [0.1, 0.15) is 56.6 Å². The van der Waals surface area contributed by atoms with Gasteiger partial charge in [-0.05, 0) is 66.8 Å². The maximum Gasteiger partial charge on any atom is 0.247 e. The summed E-state index contributed by atoms with van der Waals surface area (Å²) in [6.45, 7) is 8.51. The van der Waals surface area contributed by atoms with Crippen molar-refractivity contribution in [1.82, 2.24) is 19.6 Å². The van der Waals surface area contributed by atoms with E-state index in [9.17, 15) is 4.79 Å². The highest BCUT2D eigenvalue weighted by atomic mass is 16.5. The zero-order valence-corrected chi connectivity index (χ0v) is 26.0. The molecule has 2 aromatic carbocycles. The highest BCUT2D eigenvalue weighted by Gasteiger charge is 2.42. The normalized spacial score (nSPS) is 19.4. The molecule has 2 N–H and O–H groups in total. The summed E-state index contributed by atoms with van der Waals surface area (Å²) in [4.78, 5) is 24.4. The van der Waals surface area contributed by atoms with E-state index in [1.165, 1.54) is 18.9 Å². The summed E-state index contributed by atoms with van der Waals surface area (Å²) >= 11 is 0. The number of amides is 1. The zero-order valence-electron chi connectivity index (χ0n) is 26.0. The summed E-state index contributed by atoms with van der Waals surface area (Å²) in [5, 5.41) is 13.4. The van der Waals surface area contributed by atoms with Gasteiger partial charge in [0, 0.05) is 60.2 Å². The first-order chi connectivity index (χ1) is 21.9. The lowest BCUT2D eigenvalue weighted by Crippen LogP contribution is -2.45. The lowest BCUT2D eigenvalue weighted by molar-refractivity contribution is -0.111. The van der Waals surface area contributed by atoms with Crippen LogP contribution in [0.15, 0.2) is 79.6 Å². The van der Waals surface area contributed by atoms with E-state index in [0.717, 1.165) is 69.0 Å². The molecule has 2 unspecified atom stereocenters. The molecular weight excluding hydrogens is 562 g/mol. The monoisotopic (exact) mass is 601 g/mol. The molecule has 0 radical (unpaired) electrons. The van der Waals surface area contributed by atoms with Crippen LogP contribution >= 0.6 is 0 Å².